The molecule has 0 amide bonds. The predicted octanol–water partition coefficient (Wildman–Crippen LogP) is 3.44. The topological polar surface area (TPSA) is 29.3 Å². The minimum atomic E-state index is -0.0269. The number of benzene rings is 1. The molecule has 3 nitrogen and oxygen atoms in total. The molecule has 0 radical (unpaired) electrons. The SMILES string of the molecule is CN(c1nc2ccccc2o1)C(C)(C)CBr. The summed E-state index contributed by atoms with van der Waals surface area (Å²) in [5, 5.41) is 0.856. The van der Waals surface area contributed by atoms with Gasteiger partial charge in [-0.1, -0.05) is 28.1 Å². The van der Waals surface area contributed by atoms with E-state index in [0.717, 1.165) is 16.4 Å². The molecule has 1 aromatic carbocycles. The van der Waals surface area contributed by atoms with E-state index in [1.807, 2.05) is 36.2 Å². The zero-order valence-electron chi connectivity index (χ0n) is 9.70. The summed E-state index contributed by atoms with van der Waals surface area (Å²) in [5.74, 6) is 0. The maximum atomic E-state index is 5.71. The molecule has 0 aliphatic rings. The second kappa shape index (κ2) is 4.09. The molecule has 0 aliphatic heterocycles. The van der Waals surface area contributed by atoms with Crippen molar-refractivity contribution in [3.8, 4) is 0 Å². The molecule has 2 rings (SSSR count). The van der Waals surface area contributed by atoms with Crippen LogP contribution in [0.15, 0.2) is 28.7 Å². The molecule has 0 atom stereocenters. The number of nitrogens with zero attached hydrogens (tertiary/aromatic N) is 2. The minimum absolute atomic E-state index is 0.0269. The van der Waals surface area contributed by atoms with E-state index in [2.05, 4.69) is 34.8 Å². The van der Waals surface area contributed by atoms with Crippen molar-refractivity contribution in [2.45, 2.75) is 19.4 Å². The number of alkyl halides is 1. The normalized spacial score (nSPS) is 12.0. The number of hydrogen-bond acceptors (Lipinski definition) is 3. The summed E-state index contributed by atoms with van der Waals surface area (Å²) in [6.45, 7) is 4.27. The third-order valence-corrected chi connectivity index (χ3v) is 4.18. The standard InChI is InChI=1S/C12H15BrN2O/c1-12(2,8-13)15(3)11-14-9-6-4-5-7-10(9)16-11/h4-7H,8H2,1-3H3. The zero-order chi connectivity index (χ0) is 11.8. The third kappa shape index (κ3) is 1.94. The first-order chi connectivity index (χ1) is 7.54. The third-order valence-electron chi connectivity index (χ3n) is 2.80. The van der Waals surface area contributed by atoms with Gasteiger partial charge in [0.15, 0.2) is 5.58 Å². The van der Waals surface area contributed by atoms with E-state index in [1.165, 1.54) is 0 Å². The predicted molar refractivity (Wildman–Crippen MR) is 70.3 cm³/mol. The van der Waals surface area contributed by atoms with Crippen molar-refractivity contribution in [3.63, 3.8) is 0 Å². The van der Waals surface area contributed by atoms with Crippen LogP contribution in [0.25, 0.3) is 11.1 Å². The Hall–Kier alpha value is -1.03. The lowest BCUT2D eigenvalue weighted by atomic mass is 10.1. The van der Waals surface area contributed by atoms with Gasteiger partial charge in [-0.15, -0.1) is 0 Å². The number of aromatic nitrogens is 1. The molecule has 1 aromatic heterocycles. The molecule has 0 N–H and O–H groups in total. The largest absolute Gasteiger partial charge is 0.423 e. The van der Waals surface area contributed by atoms with Crippen LogP contribution in [0.3, 0.4) is 0 Å². The highest BCUT2D eigenvalue weighted by Gasteiger charge is 2.25. The molecule has 0 bridgehead atoms. The Balaban J connectivity index is 2.40. The van der Waals surface area contributed by atoms with Gasteiger partial charge in [0.05, 0.1) is 0 Å². The van der Waals surface area contributed by atoms with Gasteiger partial charge in [0.2, 0.25) is 0 Å². The van der Waals surface area contributed by atoms with Crippen LogP contribution in [0.5, 0.6) is 0 Å². The minimum Gasteiger partial charge on any atom is -0.423 e. The van der Waals surface area contributed by atoms with E-state index in [9.17, 15) is 0 Å². The molecule has 2 aromatic rings. The number of anilines is 1. The van der Waals surface area contributed by atoms with Crippen LogP contribution in [0.4, 0.5) is 6.01 Å². The summed E-state index contributed by atoms with van der Waals surface area (Å²) >= 11 is 3.50. The Kier molecular flexibility index (Phi) is 2.93. The second-order valence-corrected chi connectivity index (χ2v) is 5.03. The van der Waals surface area contributed by atoms with Crippen molar-refractivity contribution < 1.29 is 4.42 Å². The van der Waals surface area contributed by atoms with Crippen LogP contribution in [0.1, 0.15) is 13.8 Å². The number of rotatable bonds is 3. The molecule has 0 saturated carbocycles. The van der Waals surface area contributed by atoms with Crippen LogP contribution in [0.2, 0.25) is 0 Å². The molecule has 0 spiro atoms. The van der Waals surface area contributed by atoms with Crippen molar-refractivity contribution >= 4 is 33.0 Å². The molecule has 0 unspecified atom stereocenters. The van der Waals surface area contributed by atoms with Gasteiger partial charge in [0, 0.05) is 17.9 Å². The fourth-order valence-electron chi connectivity index (χ4n) is 1.35. The van der Waals surface area contributed by atoms with Crippen molar-refractivity contribution in [2.24, 2.45) is 0 Å². The Morgan fingerprint density at radius 3 is 2.69 bits per heavy atom. The summed E-state index contributed by atoms with van der Waals surface area (Å²) in [4.78, 5) is 6.51. The van der Waals surface area contributed by atoms with E-state index >= 15 is 0 Å². The number of fused-ring (bicyclic) bond motifs is 1. The van der Waals surface area contributed by atoms with Crippen molar-refractivity contribution in [1.29, 1.82) is 0 Å². The highest BCUT2D eigenvalue weighted by atomic mass is 79.9. The van der Waals surface area contributed by atoms with Crippen LogP contribution < -0.4 is 4.90 Å². The fourth-order valence-corrected chi connectivity index (χ4v) is 1.73. The molecule has 1 heterocycles. The lowest BCUT2D eigenvalue weighted by Crippen LogP contribution is -2.42. The van der Waals surface area contributed by atoms with Gasteiger partial charge < -0.3 is 9.32 Å². The average Bonchev–Trinajstić information content (AvgIpc) is 2.71. The van der Waals surface area contributed by atoms with Gasteiger partial charge in [-0.25, -0.2) is 0 Å². The molecule has 0 fully saturated rings. The van der Waals surface area contributed by atoms with Crippen LogP contribution in [-0.2, 0) is 0 Å². The number of oxazole rings is 1. The first kappa shape index (κ1) is 11.5. The molecular formula is C12H15BrN2O. The Labute approximate surface area is 104 Å². The maximum absolute atomic E-state index is 5.71. The molecule has 86 valence electrons. The monoisotopic (exact) mass is 282 g/mol. The summed E-state index contributed by atoms with van der Waals surface area (Å²) in [7, 11) is 1.99. The van der Waals surface area contributed by atoms with Crippen molar-refractivity contribution in [3.05, 3.63) is 24.3 Å². The summed E-state index contributed by atoms with van der Waals surface area (Å²) in [6.07, 6.45) is 0. The smallest absolute Gasteiger partial charge is 0.298 e. The first-order valence-corrected chi connectivity index (χ1v) is 6.32. The van der Waals surface area contributed by atoms with Crippen LogP contribution >= 0.6 is 15.9 Å². The highest BCUT2D eigenvalue weighted by molar-refractivity contribution is 9.09. The van der Waals surface area contributed by atoms with E-state index in [4.69, 9.17) is 4.42 Å². The van der Waals surface area contributed by atoms with E-state index in [-0.39, 0.29) is 5.54 Å². The van der Waals surface area contributed by atoms with Crippen molar-refractivity contribution in [2.75, 3.05) is 17.3 Å². The van der Waals surface area contributed by atoms with Crippen LogP contribution in [0, 0.1) is 0 Å². The molecule has 4 heteroatoms. The Bertz CT molecular complexity index is 459. The Morgan fingerprint density at radius 1 is 1.38 bits per heavy atom. The molecule has 0 aliphatic carbocycles. The van der Waals surface area contributed by atoms with Gasteiger partial charge in [0.25, 0.3) is 6.01 Å². The highest BCUT2D eigenvalue weighted by Crippen LogP contribution is 2.26. The average molecular weight is 283 g/mol. The van der Waals surface area contributed by atoms with E-state index < -0.39 is 0 Å². The van der Waals surface area contributed by atoms with Crippen LogP contribution in [-0.4, -0.2) is 22.9 Å². The van der Waals surface area contributed by atoms with Gasteiger partial charge >= 0.3 is 0 Å². The van der Waals surface area contributed by atoms with Gasteiger partial charge in [-0.2, -0.15) is 4.98 Å². The molecular weight excluding hydrogens is 268 g/mol. The lowest BCUT2D eigenvalue weighted by molar-refractivity contribution is 0.485. The second-order valence-electron chi connectivity index (χ2n) is 4.47. The quantitative estimate of drug-likeness (QED) is 0.808. The van der Waals surface area contributed by atoms with E-state index in [0.29, 0.717) is 6.01 Å². The number of hydrogen-bond donors (Lipinski definition) is 0. The van der Waals surface area contributed by atoms with E-state index in [1.54, 1.807) is 0 Å². The first-order valence-electron chi connectivity index (χ1n) is 5.20. The zero-order valence-corrected chi connectivity index (χ0v) is 11.3. The summed E-state index contributed by atoms with van der Waals surface area (Å²) in [6, 6.07) is 8.46. The Morgan fingerprint density at radius 2 is 2.06 bits per heavy atom. The maximum Gasteiger partial charge on any atom is 0.298 e. The number of para-hydroxylation sites is 2. The molecule has 0 saturated heterocycles. The van der Waals surface area contributed by atoms with Gasteiger partial charge in [0.1, 0.15) is 5.52 Å². The van der Waals surface area contributed by atoms with Gasteiger partial charge in [-0.05, 0) is 26.0 Å². The number of halogens is 1. The summed E-state index contributed by atoms with van der Waals surface area (Å²) in [5.41, 5.74) is 1.70. The molecule has 16 heavy (non-hydrogen) atoms. The van der Waals surface area contributed by atoms with Crippen molar-refractivity contribution in [1.82, 2.24) is 4.98 Å². The van der Waals surface area contributed by atoms with Gasteiger partial charge in [-0.3, -0.25) is 0 Å². The fraction of sp³-hybridized carbons (Fsp3) is 0.417. The lowest BCUT2D eigenvalue weighted by Gasteiger charge is -2.32. The summed E-state index contributed by atoms with van der Waals surface area (Å²) < 4.78 is 5.71.